The lowest BCUT2D eigenvalue weighted by molar-refractivity contribution is -0.117. The number of rotatable bonds is 12. The van der Waals surface area contributed by atoms with Crippen molar-refractivity contribution in [2.45, 2.75) is 33.1 Å². The van der Waals surface area contributed by atoms with Crippen LogP contribution in [0.1, 0.15) is 33.1 Å². The number of para-hydroxylation sites is 1. The normalized spacial score (nSPS) is 9.73. The summed E-state index contributed by atoms with van der Waals surface area (Å²) < 4.78 is 5.61. The molecule has 0 aliphatic heterocycles. The molecule has 1 amide bonds. The van der Waals surface area contributed by atoms with Crippen molar-refractivity contribution in [3.63, 3.8) is 0 Å². The maximum atomic E-state index is 10.5. The minimum atomic E-state index is -0.316. The topological polar surface area (TPSA) is 76.4 Å². The third kappa shape index (κ3) is 13.4. The summed E-state index contributed by atoms with van der Waals surface area (Å²) in [6.45, 7) is 7.63. The average molecular weight is 309 g/mol. The van der Waals surface area contributed by atoms with Gasteiger partial charge in [-0.15, -0.1) is 0 Å². The molecule has 0 aliphatic carbocycles. The maximum absolute atomic E-state index is 10.5. The number of ether oxygens (including phenoxy) is 1. The van der Waals surface area contributed by atoms with Crippen LogP contribution in [0.15, 0.2) is 30.3 Å². The molecule has 0 fully saturated rings. The lowest BCUT2D eigenvalue weighted by atomic mass is 10.2. The minimum Gasteiger partial charge on any atom is -0.494 e. The first-order chi connectivity index (χ1) is 10.8. The molecule has 0 bridgehead atoms. The number of nitrogens with one attached hydrogen (secondary N) is 2. The highest BCUT2D eigenvalue weighted by Crippen LogP contribution is 2.08. The molecule has 0 atom stereocenters. The Labute approximate surface area is 134 Å². The molecule has 1 aromatic rings. The largest absolute Gasteiger partial charge is 0.494 e. The minimum absolute atomic E-state index is 0.249. The molecule has 0 aliphatic rings. The van der Waals surface area contributed by atoms with Crippen LogP contribution >= 0.6 is 0 Å². The van der Waals surface area contributed by atoms with Crippen molar-refractivity contribution in [2.24, 2.45) is 5.73 Å². The van der Waals surface area contributed by atoms with Crippen LogP contribution in [-0.2, 0) is 4.79 Å². The Balaban J connectivity index is 0.00000211. The van der Waals surface area contributed by atoms with Crippen molar-refractivity contribution in [2.75, 3.05) is 32.8 Å². The molecule has 1 aromatic carbocycles. The summed E-state index contributed by atoms with van der Waals surface area (Å²) in [4.78, 5) is 10.5. The Morgan fingerprint density at radius 2 is 1.68 bits per heavy atom. The highest BCUT2D eigenvalue weighted by atomic mass is 16.5. The van der Waals surface area contributed by atoms with Crippen LogP contribution < -0.4 is 21.1 Å². The third-order valence-electron chi connectivity index (χ3n) is 2.79. The summed E-state index contributed by atoms with van der Waals surface area (Å²) in [5, 5.41) is 6.27. The Hall–Kier alpha value is -1.59. The average Bonchev–Trinajstić information content (AvgIpc) is 2.55. The fourth-order valence-electron chi connectivity index (χ4n) is 1.75. The SMILES string of the molecule is CC.NC(=O)CNCCNCCCCCOc1ccccc1. The van der Waals surface area contributed by atoms with Gasteiger partial charge in [0, 0.05) is 13.1 Å². The van der Waals surface area contributed by atoms with E-state index < -0.39 is 0 Å². The molecule has 5 nitrogen and oxygen atoms in total. The molecule has 22 heavy (non-hydrogen) atoms. The second kappa shape index (κ2) is 15.8. The standard InChI is InChI=1S/C15H25N3O2.C2H6/c16-15(19)13-18-11-10-17-9-5-2-6-12-20-14-7-3-1-4-8-14;1-2/h1,3-4,7-8,17-18H,2,5-6,9-13H2,(H2,16,19);1-2H3. The van der Waals surface area contributed by atoms with Crippen molar-refractivity contribution >= 4 is 5.91 Å². The van der Waals surface area contributed by atoms with E-state index in [9.17, 15) is 4.79 Å². The number of carbonyl (C=O) groups excluding carboxylic acids is 1. The molecule has 4 N–H and O–H groups in total. The molecule has 5 heteroatoms. The Bertz CT molecular complexity index is 358. The van der Waals surface area contributed by atoms with E-state index in [1.165, 1.54) is 0 Å². The number of unbranched alkanes of at least 4 members (excludes halogenated alkanes) is 2. The van der Waals surface area contributed by atoms with Crippen LogP contribution in [-0.4, -0.2) is 38.7 Å². The second-order valence-corrected chi connectivity index (χ2v) is 4.62. The molecule has 0 aromatic heterocycles. The zero-order valence-electron chi connectivity index (χ0n) is 13.9. The Kier molecular flexibility index (Phi) is 14.7. The molecule has 0 unspecified atom stereocenters. The number of benzene rings is 1. The summed E-state index contributed by atoms with van der Waals surface area (Å²) in [6.07, 6.45) is 3.35. The van der Waals surface area contributed by atoms with Gasteiger partial charge in [-0.25, -0.2) is 0 Å². The van der Waals surface area contributed by atoms with E-state index in [4.69, 9.17) is 10.5 Å². The van der Waals surface area contributed by atoms with E-state index in [1.807, 2.05) is 44.2 Å². The molecular weight excluding hydrogens is 278 g/mol. The predicted octanol–water partition coefficient (Wildman–Crippen LogP) is 1.93. The predicted molar refractivity (Wildman–Crippen MR) is 92.1 cm³/mol. The zero-order valence-corrected chi connectivity index (χ0v) is 13.9. The van der Waals surface area contributed by atoms with Gasteiger partial charge in [-0.1, -0.05) is 32.0 Å². The third-order valence-corrected chi connectivity index (χ3v) is 2.79. The first-order valence-corrected chi connectivity index (χ1v) is 8.16. The van der Waals surface area contributed by atoms with Crippen LogP contribution in [0.25, 0.3) is 0 Å². The maximum Gasteiger partial charge on any atom is 0.231 e. The Morgan fingerprint density at radius 1 is 1.00 bits per heavy atom. The van der Waals surface area contributed by atoms with Gasteiger partial charge >= 0.3 is 0 Å². The molecule has 0 spiro atoms. The van der Waals surface area contributed by atoms with Gasteiger partial charge in [-0.3, -0.25) is 4.79 Å². The number of nitrogens with two attached hydrogens (primary N) is 1. The fourth-order valence-corrected chi connectivity index (χ4v) is 1.75. The van der Waals surface area contributed by atoms with E-state index in [0.717, 1.165) is 51.3 Å². The highest BCUT2D eigenvalue weighted by Gasteiger charge is 1.94. The monoisotopic (exact) mass is 309 g/mol. The summed E-state index contributed by atoms with van der Waals surface area (Å²) in [5.74, 6) is 0.620. The smallest absolute Gasteiger partial charge is 0.231 e. The van der Waals surface area contributed by atoms with Crippen molar-refractivity contribution in [1.29, 1.82) is 0 Å². The van der Waals surface area contributed by atoms with Crippen LogP contribution in [0.3, 0.4) is 0 Å². The fraction of sp³-hybridized carbons (Fsp3) is 0.588. The molecule has 0 heterocycles. The van der Waals surface area contributed by atoms with E-state index in [1.54, 1.807) is 0 Å². The van der Waals surface area contributed by atoms with Crippen LogP contribution in [0, 0.1) is 0 Å². The summed E-state index contributed by atoms with van der Waals surface area (Å²) >= 11 is 0. The lowest BCUT2D eigenvalue weighted by Gasteiger charge is -2.07. The van der Waals surface area contributed by atoms with Crippen LogP contribution in [0.5, 0.6) is 5.75 Å². The quantitative estimate of drug-likeness (QED) is 0.516. The van der Waals surface area contributed by atoms with Gasteiger partial charge in [0.25, 0.3) is 0 Å². The van der Waals surface area contributed by atoms with E-state index >= 15 is 0 Å². The van der Waals surface area contributed by atoms with Crippen molar-refractivity contribution in [3.8, 4) is 5.75 Å². The lowest BCUT2D eigenvalue weighted by Crippen LogP contribution is -2.34. The number of primary amides is 1. The van der Waals surface area contributed by atoms with E-state index in [-0.39, 0.29) is 12.5 Å². The molecule has 126 valence electrons. The summed E-state index contributed by atoms with van der Waals surface area (Å²) in [7, 11) is 0. The second-order valence-electron chi connectivity index (χ2n) is 4.62. The number of carbonyl (C=O) groups is 1. The van der Waals surface area contributed by atoms with Gasteiger partial charge in [-0.05, 0) is 37.9 Å². The first-order valence-electron chi connectivity index (χ1n) is 8.16. The van der Waals surface area contributed by atoms with Crippen molar-refractivity contribution < 1.29 is 9.53 Å². The van der Waals surface area contributed by atoms with Crippen LogP contribution in [0.4, 0.5) is 0 Å². The highest BCUT2D eigenvalue weighted by molar-refractivity contribution is 5.75. The van der Waals surface area contributed by atoms with Gasteiger partial charge < -0.3 is 21.1 Å². The van der Waals surface area contributed by atoms with Crippen LogP contribution in [0.2, 0.25) is 0 Å². The molecule has 0 radical (unpaired) electrons. The number of hydrogen-bond donors (Lipinski definition) is 3. The summed E-state index contributed by atoms with van der Waals surface area (Å²) in [6, 6.07) is 9.88. The molecule has 0 saturated carbocycles. The van der Waals surface area contributed by atoms with E-state index in [0.29, 0.717) is 0 Å². The number of hydrogen-bond acceptors (Lipinski definition) is 4. The molecule has 0 saturated heterocycles. The van der Waals surface area contributed by atoms with Crippen molar-refractivity contribution in [3.05, 3.63) is 30.3 Å². The number of amides is 1. The van der Waals surface area contributed by atoms with Gasteiger partial charge in [0.05, 0.1) is 13.2 Å². The molecule has 1 rings (SSSR count). The zero-order chi connectivity index (χ0) is 16.5. The van der Waals surface area contributed by atoms with Gasteiger partial charge in [0.15, 0.2) is 0 Å². The molecular formula is C17H31N3O2. The van der Waals surface area contributed by atoms with Crippen molar-refractivity contribution in [1.82, 2.24) is 10.6 Å². The summed E-state index contributed by atoms with van der Waals surface area (Å²) in [5.41, 5.74) is 5.01. The van der Waals surface area contributed by atoms with Gasteiger partial charge in [0.2, 0.25) is 5.91 Å². The first kappa shape index (κ1) is 20.4. The Morgan fingerprint density at radius 3 is 2.36 bits per heavy atom. The van der Waals surface area contributed by atoms with Gasteiger partial charge in [-0.2, -0.15) is 0 Å². The van der Waals surface area contributed by atoms with E-state index in [2.05, 4.69) is 10.6 Å². The van der Waals surface area contributed by atoms with Gasteiger partial charge in [0.1, 0.15) is 5.75 Å².